The van der Waals surface area contributed by atoms with Crippen molar-refractivity contribution in [3.8, 4) is 5.88 Å². The van der Waals surface area contributed by atoms with E-state index in [4.69, 9.17) is 9.47 Å². The van der Waals surface area contributed by atoms with Crippen LogP contribution in [0.15, 0.2) is 12.1 Å². The first-order chi connectivity index (χ1) is 10.9. The van der Waals surface area contributed by atoms with Gasteiger partial charge in [-0.1, -0.05) is 0 Å². The second-order valence-corrected chi connectivity index (χ2v) is 7.01. The quantitative estimate of drug-likeness (QED) is 0.703. The predicted molar refractivity (Wildman–Crippen MR) is 83.1 cm³/mol. The van der Waals surface area contributed by atoms with Crippen molar-refractivity contribution in [1.29, 1.82) is 0 Å². The summed E-state index contributed by atoms with van der Waals surface area (Å²) in [5.74, 6) is -0.489. The molecule has 0 saturated heterocycles. The van der Waals surface area contributed by atoms with Crippen molar-refractivity contribution in [2.24, 2.45) is 5.92 Å². The topological polar surface area (TPSA) is 104 Å². The Morgan fingerprint density at radius 3 is 2.57 bits per heavy atom. The highest BCUT2D eigenvalue weighted by atomic mass is 32.2. The maximum Gasteiger partial charge on any atom is 0.356 e. The molecule has 1 fully saturated rings. The first kappa shape index (κ1) is 17.5. The fraction of sp³-hybridized carbons (Fsp3) is 0.571. The maximum atomic E-state index is 12.3. The van der Waals surface area contributed by atoms with Crippen molar-refractivity contribution < 1.29 is 27.4 Å². The van der Waals surface area contributed by atoms with E-state index in [1.807, 2.05) is 0 Å². The minimum absolute atomic E-state index is 0.00290. The normalized spacial score (nSPS) is 15.8. The first-order valence-corrected chi connectivity index (χ1v) is 8.72. The lowest BCUT2D eigenvalue weighted by Gasteiger charge is -2.16. The molecular formula is C14H20N2O6S. The fourth-order valence-electron chi connectivity index (χ4n) is 2.18. The molecule has 0 spiro atoms. The molecule has 2 rings (SSSR count). The van der Waals surface area contributed by atoms with Gasteiger partial charge in [0, 0.05) is 7.11 Å². The Morgan fingerprint density at radius 2 is 2.04 bits per heavy atom. The number of hydrogen-bond donors (Lipinski definition) is 1. The van der Waals surface area contributed by atoms with Crippen LogP contribution in [0.4, 0.5) is 5.69 Å². The van der Waals surface area contributed by atoms with Gasteiger partial charge in [0.15, 0.2) is 5.69 Å². The fourth-order valence-corrected chi connectivity index (χ4v) is 3.60. The van der Waals surface area contributed by atoms with E-state index in [0.29, 0.717) is 5.92 Å². The third kappa shape index (κ3) is 4.55. The summed E-state index contributed by atoms with van der Waals surface area (Å²) >= 11 is 0. The van der Waals surface area contributed by atoms with Gasteiger partial charge >= 0.3 is 5.97 Å². The van der Waals surface area contributed by atoms with Gasteiger partial charge in [0.2, 0.25) is 15.9 Å². The number of methoxy groups -OCH3 is 3. The van der Waals surface area contributed by atoms with Gasteiger partial charge < -0.3 is 14.2 Å². The smallest absolute Gasteiger partial charge is 0.356 e. The molecule has 128 valence electrons. The lowest BCUT2D eigenvalue weighted by atomic mass is 10.3. The summed E-state index contributed by atoms with van der Waals surface area (Å²) in [6.45, 7) is 0. The summed E-state index contributed by atoms with van der Waals surface area (Å²) in [4.78, 5) is 15.4. The third-order valence-electron chi connectivity index (χ3n) is 3.55. The zero-order valence-electron chi connectivity index (χ0n) is 13.2. The Labute approximate surface area is 135 Å². The van der Waals surface area contributed by atoms with Crippen LogP contribution in [0.25, 0.3) is 0 Å². The number of anilines is 1. The molecule has 1 unspecified atom stereocenters. The highest BCUT2D eigenvalue weighted by Gasteiger charge is 2.34. The number of esters is 1. The van der Waals surface area contributed by atoms with Crippen molar-refractivity contribution >= 4 is 21.7 Å². The molecule has 23 heavy (non-hydrogen) atoms. The second kappa shape index (κ2) is 7.14. The second-order valence-electron chi connectivity index (χ2n) is 5.24. The highest BCUT2D eigenvalue weighted by molar-refractivity contribution is 7.92. The van der Waals surface area contributed by atoms with Crippen molar-refractivity contribution in [2.75, 3.05) is 31.8 Å². The van der Waals surface area contributed by atoms with E-state index in [9.17, 15) is 13.2 Å². The first-order valence-electron chi connectivity index (χ1n) is 7.06. The molecule has 0 aliphatic heterocycles. The van der Waals surface area contributed by atoms with Crippen LogP contribution in [0.2, 0.25) is 0 Å². The number of rotatable bonds is 8. The minimum Gasteiger partial charge on any atom is -0.479 e. The average molecular weight is 344 g/mol. The summed E-state index contributed by atoms with van der Waals surface area (Å²) < 4.78 is 41.8. The maximum absolute atomic E-state index is 12.3. The molecule has 1 N–H and O–H groups in total. The predicted octanol–water partition coefficient (Wildman–Crippen LogP) is 1.04. The monoisotopic (exact) mass is 344 g/mol. The van der Waals surface area contributed by atoms with Crippen LogP contribution < -0.4 is 9.46 Å². The molecule has 1 atom stereocenters. The molecule has 1 aliphatic rings. The molecule has 1 aromatic rings. The summed E-state index contributed by atoms with van der Waals surface area (Å²) in [6, 6.07) is 2.77. The van der Waals surface area contributed by atoms with Gasteiger partial charge in [-0.05, 0) is 30.9 Å². The third-order valence-corrected chi connectivity index (χ3v) is 4.85. The Hall–Kier alpha value is -1.87. The standard InChI is InChI=1S/C14H20N2O6S/c1-20-12(9-4-5-9)8-23(18,19)16-10-6-7-11(14(17)22-3)15-13(10)21-2/h6-7,9,12,16H,4-5,8H2,1-3H3. The molecule has 8 nitrogen and oxygen atoms in total. The molecule has 9 heteroatoms. The van der Waals surface area contributed by atoms with Gasteiger partial charge in [-0.2, -0.15) is 0 Å². The molecule has 0 amide bonds. The molecule has 0 radical (unpaired) electrons. The average Bonchev–Trinajstić information content (AvgIpc) is 3.36. The van der Waals surface area contributed by atoms with E-state index in [0.717, 1.165) is 12.8 Å². The largest absolute Gasteiger partial charge is 0.479 e. The van der Waals surface area contributed by atoms with Crippen LogP contribution in [0, 0.1) is 5.92 Å². The molecule has 1 saturated carbocycles. The van der Waals surface area contributed by atoms with E-state index >= 15 is 0 Å². The Bertz CT molecular complexity index is 672. The molecular weight excluding hydrogens is 324 g/mol. The van der Waals surface area contributed by atoms with Crippen molar-refractivity contribution in [2.45, 2.75) is 18.9 Å². The van der Waals surface area contributed by atoms with Crippen LogP contribution in [0.3, 0.4) is 0 Å². The van der Waals surface area contributed by atoms with Crippen molar-refractivity contribution in [3.05, 3.63) is 17.8 Å². The van der Waals surface area contributed by atoms with Gasteiger partial charge in [0.1, 0.15) is 5.69 Å². The molecule has 0 bridgehead atoms. The summed E-state index contributed by atoms with van der Waals surface area (Å²) in [6.07, 6.45) is 1.63. The summed E-state index contributed by atoms with van der Waals surface area (Å²) in [5, 5.41) is 0. The van der Waals surface area contributed by atoms with Crippen LogP contribution in [0.1, 0.15) is 23.3 Å². The van der Waals surface area contributed by atoms with Crippen molar-refractivity contribution in [3.63, 3.8) is 0 Å². The number of nitrogens with zero attached hydrogens (tertiary/aromatic N) is 1. The van der Waals surface area contributed by atoms with Crippen LogP contribution >= 0.6 is 0 Å². The van der Waals surface area contributed by atoms with E-state index in [1.54, 1.807) is 0 Å². The van der Waals surface area contributed by atoms with Crippen LogP contribution in [-0.2, 0) is 19.5 Å². The number of nitrogens with one attached hydrogen (secondary N) is 1. The lowest BCUT2D eigenvalue weighted by Crippen LogP contribution is -2.29. The van der Waals surface area contributed by atoms with Crippen LogP contribution in [-0.4, -0.2) is 52.6 Å². The Kier molecular flexibility index (Phi) is 5.42. The molecule has 1 aliphatic carbocycles. The number of aromatic nitrogens is 1. The van der Waals surface area contributed by atoms with Gasteiger partial charge in [0.05, 0.1) is 26.1 Å². The number of carbonyl (C=O) groups excluding carboxylic acids is 1. The van der Waals surface area contributed by atoms with Gasteiger partial charge in [-0.3, -0.25) is 4.72 Å². The Morgan fingerprint density at radius 1 is 1.35 bits per heavy atom. The van der Waals surface area contributed by atoms with Crippen molar-refractivity contribution in [1.82, 2.24) is 4.98 Å². The van der Waals surface area contributed by atoms with Gasteiger partial charge in [-0.15, -0.1) is 0 Å². The number of pyridine rings is 1. The zero-order valence-corrected chi connectivity index (χ0v) is 14.1. The minimum atomic E-state index is -3.63. The lowest BCUT2D eigenvalue weighted by molar-refractivity contribution is 0.0593. The zero-order chi connectivity index (χ0) is 17.0. The van der Waals surface area contributed by atoms with E-state index in [1.165, 1.54) is 33.5 Å². The number of hydrogen-bond acceptors (Lipinski definition) is 7. The highest BCUT2D eigenvalue weighted by Crippen LogP contribution is 2.35. The van der Waals surface area contributed by atoms with Gasteiger partial charge in [-0.25, -0.2) is 18.2 Å². The van der Waals surface area contributed by atoms with Crippen LogP contribution in [0.5, 0.6) is 5.88 Å². The molecule has 1 heterocycles. The van der Waals surface area contributed by atoms with Gasteiger partial charge in [0.25, 0.3) is 0 Å². The van der Waals surface area contributed by atoms with E-state index in [-0.39, 0.29) is 29.1 Å². The van der Waals surface area contributed by atoms with E-state index < -0.39 is 16.0 Å². The molecule has 1 aromatic heterocycles. The Balaban J connectivity index is 2.16. The summed E-state index contributed by atoms with van der Waals surface area (Å²) in [7, 11) is 0.441. The molecule has 0 aromatic carbocycles. The number of sulfonamides is 1. The SMILES string of the molecule is COC(=O)c1ccc(NS(=O)(=O)CC(OC)C2CC2)c(OC)n1. The summed E-state index contributed by atoms with van der Waals surface area (Å²) in [5.41, 5.74) is 0.186. The van der Waals surface area contributed by atoms with E-state index in [2.05, 4.69) is 14.4 Å². The number of carbonyl (C=O) groups is 1. The number of ether oxygens (including phenoxy) is 3.